The molecule has 0 aliphatic heterocycles. The predicted molar refractivity (Wildman–Crippen MR) is 82.6 cm³/mol. The largest absolute Gasteiger partial charge is 0.440 e. The van der Waals surface area contributed by atoms with Gasteiger partial charge in [-0.1, -0.05) is 11.6 Å². The Morgan fingerprint density at radius 2 is 2.20 bits per heavy atom. The number of thiophene rings is 1. The summed E-state index contributed by atoms with van der Waals surface area (Å²) in [4.78, 5) is 5.79. The molecule has 4 rings (SSSR count). The van der Waals surface area contributed by atoms with Crippen LogP contribution in [0.2, 0.25) is 4.34 Å². The zero-order valence-corrected chi connectivity index (χ0v) is 12.3. The third-order valence-electron chi connectivity index (χ3n) is 3.43. The Bertz CT molecular complexity index is 760. The maximum Gasteiger partial charge on any atom is 0.198 e. The molecule has 0 bridgehead atoms. The van der Waals surface area contributed by atoms with Crippen molar-refractivity contribution in [3.05, 3.63) is 45.4 Å². The molecule has 102 valence electrons. The molecule has 0 amide bonds. The second kappa shape index (κ2) is 4.79. The van der Waals surface area contributed by atoms with Gasteiger partial charge in [0, 0.05) is 23.0 Å². The van der Waals surface area contributed by atoms with Crippen LogP contribution >= 0.6 is 22.9 Å². The van der Waals surface area contributed by atoms with E-state index in [1.807, 2.05) is 30.3 Å². The lowest BCUT2D eigenvalue weighted by Crippen LogP contribution is -1.96. The zero-order valence-electron chi connectivity index (χ0n) is 10.7. The van der Waals surface area contributed by atoms with Crippen LogP contribution in [0.5, 0.6) is 0 Å². The molecule has 1 aliphatic rings. The van der Waals surface area contributed by atoms with Crippen molar-refractivity contribution in [1.82, 2.24) is 4.98 Å². The molecule has 1 N–H and O–H groups in total. The van der Waals surface area contributed by atoms with Crippen molar-refractivity contribution >= 4 is 39.7 Å². The van der Waals surface area contributed by atoms with Crippen LogP contribution in [-0.4, -0.2) is 4.98 Å². The molecule has 1 saturated carbocycles. The van der Waals surface area contributed by atoms with Crippen molar-refractivity contribution in [3.63, 3.8) is 0 Å². The molecule has 3 aromatic rings. The second-order valence-corrected chi connectivity index (χ2v) is 6.87. The van der Waals surface area contributed by atoms with Gasteiger partial charge in [0.1, 0.15) is 5.52 Å². The van der Waals surface area contributed by atoms with Gasteiger partial charge in [0.05, 0.1) is 4.34 Å². The van der Waals surface area contributed by atoms with Crippen molar-refractivity contribution in [2.24, 2.45) is 0 Å². The van der Waals surface area contributed by atoms with Crippen molar-refractivity contribution in [2.75, 3.05) is 5.32 Å². The third kappa shape index (κ3) is 2.41. The van der Waals surface area contributed by atoms with Gasteiger partial charge in [0.15, 0.2) is 11.5 Å². The molecule has 3 nitrogen and oxygen atoms in total. The Labute approximate surface area is 125 Å². The molecule has 2 heterocycles. The first-order valence-corrected chi connectivity index (χ1v) is 7.86. The van der Waals surface area contributed by atoms with E-state index in [0.717, 1.165) is 33.6 Å². The third-order valence-corrected chi connectivity index (χ3v) is 4.66. The van der Waals surface area contributed by atoms with E-state index in [0.29, 0.717) is 5.92 Å². The average molecular weight is 305 g/mol. The highest BCUT2D eigenvalue weighted by Crippen LogP contribution is 2.40. The number of nitrogens with zero attached hydrogens (tertiary/aromatic N) is 1. The van der Waals surface area contributed by atoms with E-state index in [2.05, 4.69) is 10.3 Å². The van der Waals surface area contributed by atoms with Gasteiger partial charge in [-0.25, -0.2) is 4.98 Å². The van der Waals surface area contributed by atoms with Crippen molar-refractivity contribution in [2.45, 2.75) is 25.3 Å². The summed E-state index contributed by atoms with van der Waals surface area (Å²) in [5.41, 5.74) is 2.86. The minimum absolute atomic E-state index is 0.548. The molecule has 0 unspecified atom stereocenters. The van der Waals surface area contributed by atoms with Crippen LogP contribution in [0.3, 0.4) is 0 Å². The summed E-state index contributed by atoms with van der Waals surface area (Å²) in [6.45, 7) is 0.774. The van der Waals surface area contributed by atoms with E-state index in [-0.39, 0.29) is 0 Å². The number of oxazole rings is 1. The van der Waals surface area contributed by atoms with Gasteiger partial charge >= 0.3 is 0 Å². The molecule has 5 heteroatoms. The Morgan fingerprint density at radius 3 is 2.95 bits per heavy atom. The number of aromatic nitrogens is 1. The van der Waals surface area contributed by atoms with Gasteiger partial charge in [-0.3, -0.25) is 0 Å². The average Bonchev–Trinajstić information content (AvgIpc) is 3.08. The van der Waals surface area contributed by atoms with E-state index in [1.54, 1.807) is 11.3 Å². The van der Waals surface area contributed by atoms with Gasteiger partial charge in [-0.05, 0) is 43.2 Å². The van der Waals surface area contributed by atoms with Gasteiger partial charge in [0.2, 0.25) is 0 Å². The summed E-state index contributed by atoms with van der Waals surface area (Å²) in [5, 5.41) is 3.39. The van der Waals surface area contributed by atoms with E-state index in [1.165, 1.54) is 17.7 Å². The first kappa shape index (κ1) is 12.2. The molecule has 0 radical (unpaired) electrons. The maximum absolute atomic E-state index is 5.93. The Kier molecular flexibility index (Phi) is 2.93. The van der Waals surface area contributed by atoms with E-state index in [4.69, 9.17) is 16.0 Å². The molecule has 0 atom stereocenters. The smallest absolute Gasteiger partial charge is 0.198 e. The lowest BCUT2D eigenvalue weighted by molar-refractivity contribution is 0.533. The number of fused-ring (bicyclic) bond motifs is 1. The topological polar surface area (TPSA) is 38.1 Å². The molecule has 0 saturated heterocycles. The van der Waals surface area contributed by atoms with E-state index in [9.17, 15) is 0 Å². The van der Waals surface area contributed by atoms with Crippen LogP contribution in [0.15, 0.2) is 34.7 Å². The van der Waals surface area contributed by atoms with Gasteiger partial charge in [0.25, 0.3) is 0 Å². The van der Waals surface area contributed by atoms with Crippen molar-refractivity contribution in [1.29, 1.82) is 0 Å². The highest BCUT2D eigenvalue weighted by Gasteiger charge is 2.28. The molecule has 2 aromatic heterocycles. The summed E-state index contributed by atoms with van der Waals surface area (Å²) in [6.07, 6.45) is 2.41. The van der Waals surface area contributed by atoms with Crippen LogP contribution in [0.4, 0.5) is 5.69 Å². The molecular weight excluding hydrogens is 292 g/mol. The number of halogens is 1. The lowest BCUT2D eigenvalue weighted by Gasteiger charge is -2.03. The first-order valence-electron chi connectivity index (χ1n) is 6.66. The van der Waals surface area contributed by atoms with Crippen LogP contribution in [0.1, 0.15) is 29.5 Å². The highest BCUT2D eigenvalue weighted by atomic mass is 35.5. The minimum Gasteiger partial charge on any atom is -0.440 e. The predicted octanol–water partition coefficient (Wildman–Crippen LogP) is 5.03. The Hall–Kier alpha value is -1.52. The maximum atomic E-state index is 5.93. The van der Waals surface area contributed by atoms with Crippen molar-refractivity contribution in [3.8, 4) is 0 Å². The summed E-state index contributed by atoms with van der Waals surface area (Å²) in [6, 6.07) is 10.0. The zero-order chi connectivity index (χ0) is 13.5. The molecule has 1 aromatic carbocycles. The van der Waals surface area contributed by atoms with Gasteiger partial charge in [-0.15, -0.1) is 11.3 Å². The fourth-order valence-electron chi connectivity index (χ4n) is 2.20. The fraction of sp³-hybridized carbons (Fsp3) is 0.267. The summed E-state index contributed by atoms with van der Waals surface area (Å²) in [5.74, 6) is 1.44. The lowest BCUT2D eigenvalue weighted by atomic mass is 10.3. The summed E-state index contributed by atoms with van der Waals surface area (Å²) in [7, 11) is 0. The van der Waals surface area contributed by atoms with Crippen LogP contribution < -0.4 is 5.32 Å². The van der Waals surface area contributed by atoms with Crippen LogP contribution in [0.25, 0.3) is 11.1 Å². The normalized spacial score (nSPS) is 14.8. The Balaban J connectivity index is 1.54. The molecule has 0 spiro atoms. The number of rotatable bonds is 4. The Morgan fingerprint density at radius 1 is 1.30 bits per heavy atom. The molecule has 20 heavy (non-hydrogen) atoms. The first-order chi connectivity index (χ1) is 9.78. The van der Waals surface area contributed by atoms with Crippen molar-refractivity contribution < 1.29 is 4.42 Å². The summed E-state index contributed by atoms with van der Waals surface area (Å²) >= 11 is 7.52. The minimum atomic E-state index is 0.548. The van der Waals surface area contributed by atoms with Crippen LogP contribution in [0, 0.1) is 0 Å². The van der Waals surface area contributed by atoms with Crippen LogP contribution in [-0.2, 0) is 6.54 Å². The van der Waals surface area contributed by atoms with E-state index < -0.39 is 0 Å². The number of hydrogen-bond donors (Lipinski definition) is 1. The quantitative estimate of drug-likeness (QED) is 0.734. The monoisotopic (exact) mass is 304 g/mol. The fourth-order valence-corrected chi connectivity index (χ4v) is 3.22. The molecule has 1 aliphatic carbocycles. The number of nitrogens with one attached hydrogen (secondary N) is 1. The second-order valence-electron chi connectivity index (χ2n) is 5.07. The summed E-state index contributed by atoms with van der Waals surface area (Å²) < 4.78 is 6.58. The standard InChI is InChI=1S/C15H13ClN2OS/c16-14-6-4-11(20-14)8-17-10-3-5-13-12(7-10)18-15(19-13)9-1-2-9/h3-7,9,17H,1-2,8H2. The molecular formula is C15H13ClN2OS. The van der Waals surface area contributed by atoms with Gasteiger partial charge in [-0.2, -0.15) is 0 Å². The number of hydrogen-bond acceptors (Lipinski definition) is 4. The van der Waals surface area contributed by atoms with E-state index >= 15 is 0 Å². The molecule has 1 fully saturated rings. The number of anilines is 1. The SMILES string of the molecule is Clc1ccc(CNc2ccc3oc(C4CC4)nc3c2)s1. The highest BCUT2D eigenvalue weighted by molar-refractivity contribution is 7.16. The number of benzene rings is 1. The van der Waals surface area contributed by atoms with Gasteiger partial charge < -0.3 is 9.73 Å².